The van der Waals surface area contributed by atoms with Crippen LogP contribution in [-0.4, -0.2) is 15.8 Å². The van der Waals surface area contributed by atoms with Crippen LogP contribution in [0.5, 0.6) is 0 Å². The molecule has 0 saturated heterocycles. The summed E-state index contributed by atoms with van der Waals surface area (Å²) in [5.74, 6) is 0.192. The van der Waals surface area contributed by atoms with Gasteiger partial charge in [0.25, 0.3) is 5.56 Å². The van der Waals surface area contributed by atoms with E-state index in [1.807, 2.05) is 54.6 Å². The van der Waals surface area contributed by atoms with E-state index >= 15 is 0 Å². The number of hydrogen-bond donors (Lipinski definition) is 1. The lowest BCUT2D eigenvalue weighted by molar-refractivity contribution is 0.810. The zero-order chi connectivity index (χ0) is 16.1. The summed E-state index contributed by atoms with van der Waals surface area (Å²) in [6.07, 6.45) is 3.33. The molecule has 0 radical (unpaired) electrons. The molecule has 0 unspecified atom stereocenters. The summed E-state index contributed by atoms with van der Waals surface area (Å²) in [6, 6.07) is 17.1. The Labute approximate surface area is 133 Å². The Bertz CT molecular complexity index is 913. The molecule has 1 N–H and O–H groups in total. The van der Waals surface area contributed by atoms with Crippen LogP contribution in [0.25, 0.3) is 11.0 Å². The molecular weight excluding hydrogens is 288 g/mol. The molecule has 2 aromatic carbocycles. The first-order valence-corrected chi connectivity index (χ1v) is 7.24. The van der Waals surface area contributed by atoms with Gasteiger partial charge in [0.15, 0.2) is 0 Å². The van der Waals surface area contributed by atoms with Gasteiger partial charge in [-0.3, -0.25) is 14.8 Å². The highest BCUT2D eigenvalue weighted by molar-refractivity contribution is 5.80. The van der Waals surface area contributed by atoms with E-state index in [1.54, 1.807) is 16.9 Å². The fourth-order valence-electron chi connectivity index (χ4n) is 2.28. The second-order valence-corrected chi connectivity index (χ2v) is 4.93. The van der Waals surface area contributed by atoms with Crippen LogP contribution in [0.1, 0.15) is 5.56 Å². The van der Waals surface area contributed by atoms with Crippen molar-refractivity contribution in [2.24, 2.45) is 5.10 Å². The molecule has 114 valence electrons. The number of anilines is 1. The van der Waals surface area contributed by atoms with Gasteiger partial charge in [-0.1, -0.05) is 48.5 Å². The Balaban J connectivity index is 1.97. The molecule has 1 aromatic heterocycles. The topological polar surface area (TPSA) is 59.3 Å². The molecule has 0 fully saturated rings. The number of nitrogens with zero attached hydrogens (tertiary/aromatic N) is 3. The van der Waals surface area contributed by atoms with Gasteiger partial charge in [0.1, 0.15) is 0 Å². The number of benzene rings is 2. The first-order valence-electron chi connectivity index (χ1n) is 7.24. The third-order valence-electron chi connectivity index (χ3n) is 3.35. The van der Waals surface area contributed by atoms with Gasteiger partial charge < -0.3 is 0 Å². The average molecular weight is 304 g/mol. The van der Waals surface area contributed by atoms with Crippen molar-refractivity contribution in [3.8, 4) is 0 Å². The smallest absolute Gasteiger partial charge is 0.295 e. The first kappa shape index (κ1) is 14.7. The summed E-state index contributed by atoms with van der Waals surface area (Å²) in [7, 11) is 0. The SMILES string of the molecule is C=CCn1c(=O)c(N/N=C/c2ccccc2)nc2ccccc21. The van der Waals surface area contributed by atoms with Gasteiger partial charge in [-0.25, -0.2) is 4.98 Å². The second-order valence-electron chi connectivity index (χ2n) is 4.93. The molecule has 0 spiro atoms. The summed E-state index contributed by atoms with van der Waals surface area (Å²) < 4.78 is 1.62. The van der Waals surface area contributed by atoms with Crippen molar-refractivity contribution in [2.45, 2.75) is 6.54 Å². The van der Waals surface area contributed by atoms with Crippen molar-refractivity contribution in [1.29, 1.82) is 0 Å². The fourth-order valence-corrected chi connectivity index (χ4v) is 2.28. The molecule has 0 bridgehead atoms. The third kappa shape index (κ3) is 3.18. The van der Waals surface area contributed by atoms with Crippen molar-refractivity contribution in [1.82, 2.24) is 9.55 Å². The van der Waals surface area contributed by atoms with E-state index in [9.17, 15) is 4.79 Å². The summed E-state index contributed by atoms with van der Waals surface area (Å²) in [4.78, 5) is 16.9. The number of para-hydroxylation sites is 2. The Morgan fingerprint density at radius 2 is 1.87 bits per heavy atom. The standard InChI is InChI=1S/C18H16N4O/c1-2-12-22-16-11-7-6-10-15(16)20-17(18(22)23)21-19-13-14-8-4-3-5-9-14/h2-11,13H,1,12H2,(H,20,21)/b19-13+. The van der Waals surface area contributed by atoms with E-state index in [0.29, 0.717) is 6.54 Å². The molecule has 23 heavy (non-hydrogen) atoms. The van der Waals surface area contributed by atoms with Gasteiger partial charge in [0.2, 0.25) is 5.82 Å². The summed E-state index contributed by atoms with van der Waals surface area (Å²) in [5, 5.41) is 4.10. The molecule has 0 aliphatic heterocycles. The van der Waals surface area contributed by atoms with Crippen molar-refractivity contribution in [3.05, 3.63) is 83.2 Å². The average Bonchev–Trinajstić information content (AvgIpc) is 2.59. The van der Waals surface area contributed by atoms with Crippen LogP contribution in [-0.2, 0) is 6.54 Å². The molecule has 5 nitrogen and oxygen atoms in total. The Hall–Kier alpha value is -3.21. The summed E-state index contributed by atoms with van der Waals surface area (Å²) in [6.45, 7) is 4.12. The maximum absolute atomic E-state index is 12.5. The maximum Gasteiger partial charge on any atom is 0.295 e. The van der Waals surface area contributed by atoms with Crippen molar-refractivity contribution >= 4 is 23.1 Å². The van der Waals surface area contributed by atoms with Gasteiger partial charge in [-0.15, -0.1) is 6.58 Å². The van der Waals surface area contributed by atoms with Crippen LogP contribution >= 0.6 is 0 Å². The lowest BCUT2D eigenvalue weighted by Crippen LogP contribution is -2.24. The number of hydrogen-bond acceptors (Lipinski definition) is 4. The zero-order valence-corrected chi connectivity index (χ0v) is 12.5. The van der Waals surface area contributed by atoms with Crippen LogP contribution in [0.3, 0.4) is 0 Å². The normalized spacial score (nSPS) is 11.0. The molecule has 3 rings (SSSR count). The fraction of sp³-hybridized carbons (Fsp3) is 0.0556. The van der Waals surface area contributed by atoms with Crippen LogP contribution < -0.4 is 11.0 Å². The van der Waals surface area contributed by atoms with Gasteiger partial charge in [0.05, 0.1) is 17.2 Å². The van der Waals surface area contributed by atoms with Crippen molar-refractivity contribution in [2.75, 3.05) is 5.43 Å². The molecule has 0 saturated carbocycles. The van der Waals surface area contributed by atoms with Crippen LogP contribution in [0.4, 0.5) is 5.82 Å². The molecule has 0 aliphatic carbocycles. The highest BCUT2D eigenvalue weighted by Crippen LogP contribution is 2.11. The minimum absolute atomic E-state index is 0.192. The minimum Gasteiger partial charge on any atom is -0.300 e. The van der Waals surface area contributed by atoms with Gasteiger partial charge >= 0.3 is 0 Å². The van der Waals surface area contributed by atoms with E-state index in [4.69, 9.17) is 0 Å². The maximum atomic E-state index is 12.5. The molecule has 3 aromatic rings. The van der Waals surface area contributed by atoms with Crippen molar-refractivity contribution in [3.63, 3.8) is 0 Å². The van der Waals surface area contributed by atoms with E-state index < -0.39 is 0 Å². The number of aromatic nitrogens is 2. The van der Waals surface area contributed by atoms with Crippen LogP contribution in [0, 0.1) is 0 Å². The largest absolute Gasteiger partial charge is 0.300 e. The van der Waals surface area contributed by atoms with E-state index in [0.717, 1.165) is 16.6 Å². The molecule has 5 heteroatoms. The number of nitrogens with one attached hydrogen (secondary N) is 1. The quantitative estimate of drug-likeness (QED) is 0.448. The summed E-state index contributed by atoms with van der Waals surface area (Å²) in [5.41, 5.74) is 4.95. The van der Waals surface area contributed by atoms with Crippen LogP contribution in [0.15, 0.2) is 77.1 Å². The number of hydrazone groups is 1. The Morgan fingerprint density at radius 1 is 1.13 bits per heavy atom. The highest BCUT2D eigenvalue weighted by Gasteiger charge is 2.09. The number of rotatable bonds is 5. The monoisotopic (exact) mass is 304 g/mol. The Morgan fingerprint density at radius 3 is 2.65 bits per heavy atom. The molecule has 0 amide bonds. The number of allylic oxidation sites excluding steroid dienone is 1. The predicted octanol–water partition coefficient (Wildman–Crippen LogP) is 3.03. The van der Waals surface area contributed by atoms with E-state index in [-0.39, 0.29) is 11.4 Å². The predicted molar refractivity (Wildman–Crippen MR) is 93.9 cm³/mol. The molecule has 0 atom stereocenters. The lowest BCUT2D eigenvalue weighted by Gasteiger charge is -2.09. The Kier molecular flexibility index (Phi) is 4.29. The molecule has 1 heterocycles. The van der Waals surface area contributed by atoms with Crippen LogP contribution in [0.2, 0.25) is 0 Å². The van der Waals surface area contributed by atoms with E-state index in [2.05, 4.69) is 22.1 Å². The van der Waals surface area contributed by atoms with Gasteiger partial charge in [-0.05, 0) is 17.7 Å². The minimum atomic E-state index is -0.228. The molecule has 0 aliphatic rings. The second kappa shape index (κ2) is 6.70. The summed E-state index contributed by atoms with van der Waals surface area (Å²) >= 11 is 0. The first-order chi connectivity index (χ1) is 11.3. The number of fused-ring (bicyclic) bond motifs is 1. The van der Waals surface area contributed by atoms with Crippen molar-refractivity contribution < 1.29 is 0 Å². The van der Waals surface area contributed by atoms with Gasteiger partial charge in [0, 0.05) is 6.54 Å². The highest BCUT2D eigenvalue weighted by atomic mass is 16.1. The van der Waals surface area contributed by atoms with Gasteiger partial charge in [-0.2, -0.15) is 5.10 Å². The molecular formula is C18H16N4O. The lowest BCUT2D eigenvalue weighted by atomic mass is 10.2. The third-order valence-corrected chi connectivity index (χ3v) is 3.35. The van der Waals surface area contributed by atoms with E-state index in [1.165, 1.54) is 0 Å². The zero-order valence-electron chi connectivity index (χ0n) is 12.5.